The summed E-state index contributed by atoms with van der Waals surface area (Å²) in [6, 6.07) is 2.60. The van der Waals surface area contributed by atoms with Crippen LogP contribution in [-0.4, -0.2) is 29.7 Å². The van der Waals surface area contributed by atoms with Crippen LogP contribution in [0.4, 0.5) is 5.82 Å². The number of hydrogen-bond donors (Lipinski definition) is 1. The molecule has 0 bridgehead atoms. The number of pyridine rings is 1. The summed E-state index contributed by atoms with van der Waals surface area (Å²) >= 11 is 7.12. The second-order valence-electron chi connectivity index (χ2n) is 6.43. The number of piperidine rings is 1. The second kappa shape index (κ2) is 6.75. The van der Waals surface area contributed by atoms with Gasteiger partial charge in [-0.05, 0) is 78.0 Å². The topological polar surface area (TPSA) is 28.2 Å². The van der Waals surface area contributed by atoms with Gasteiger partial charge in [0.05, 0.1) is 4.47 Å². The molecule has 1 unspecified atom stereocenters. The zero-order valence-electron chi connectivity index (χ0n) is 12.4. The summed E-state index contributed by atoms with van der Waals surface area (Å²) in [4.78, 5) is 7.04. The standard InChI is InChI=1S/C15H23Br2N3/c1-15(2,3)19-10-12-6-4-5-7-20(12)14-13(17)8-11(16)9-18-14/h8-9,12,19H,4-7,10H2,1-3H3. The van der Waals surface area contributed by atoms with Crippen LogP contribution in [0.5, 0.6) is 0 Å². The van der Waals surface area contributed by atoms with Crippen molar-refractivity contribution in [3.05, 3.63) is 21.2 Å². The largest absolute Gasteiger partial charge is 0.351 e. The SMILES string of the molecule is CC(C)(C)NCC1CCCCN1c1ncc(Br)cc1Br. The molecule has 112 valence electrons. The number of halogens is 2. The quantitative estimate of drug-likeness (QED) is 0.811. The van der Waals surface area contributed by atoms with Gasteiger partial charge in [0.15, 0.2) is 0 Å². The molecular weight excluding hydrogens is 382 g/mol. The van der Waals surface area contributed by atoms with Gasteiger partial charge in [-0.1, -0.05) is 0 Å². The molecular formula is C15H23Br2N3. The Labute approximate surface area is 138 Å². The fraction of sp³-hybridized carbons (Fsp3) is 0.667. The van der Waals surface area contributed by atoms with Crippen molar-refractivity contribution >= 4 is 37.7 Å². The van der Waals surface area contributed by atoms with Crippen LogP contribution in [0.15, 0.2) is 21.2 Å². The fourth-order valence-electron chi connectivity index (χ4n) is 2.53. The average Bonchev–Trinajstić information content (AvgIpc) is 2.36. The molecule has 2 heterocycles. The Morgan fingerprint density at radius 2 is 2.10 bits per heavy atom. The lowest BCUT2D eigenvalue weighted by Gasteiger charge is -2.38. The third-order valence-electron chi connectivity index (χ3n) is 3.56. The van der Waals surface area contributed by atoms with E-state index >= 15 is 0 Å². The van der Waals surface area contributed by atoms with Crippen molar-refractivity contribution in [3.8, 4) is 0 Å². The first-order valence-corrected chi connectivity index (χ1v) is 8.78. The predicted octanol–water partition coefficient (Wildman–Crippen LogP) is 4.35. The van der Waals surface area contributed by atoms with E-state index in [9.17, 15) is 0 Å². The number of nitrogens with zero attached hydrogens (tertiary/aromatic N) is 2. The molecule has 0 saturated carbocycles. The minimum atomic E-state index is 0.160. The molecule has 0 aromatic carbocycles. The van der Waals surface area contributed by atoms with Gasteiger partial charge in [-0.25, -0.2) is 4.98 Å². The molecule has 1 fully saturated rings. The molecule has 1 saturated heterocycles. The van der Waals surface area contributed by atoms with Crippen molar-refractivity contribution in [2.24, 2.45) is 0 Å². The Balaban J connectivity index is 2.14. The molecule has 1 aliphatic heterocycles. The van der Waals surface area contributed by atoms with Crippen molar-refractivity contribution in [1.29, 1.82) is 0 Å². The first-order chi connectivity index (χ1) is 9.37. The van der Waals surface area contributed by atoms with E-state index in [0.29, 0.717) is 6.04 Å². The smallest absolute Gasteiger partial charge is 0.143 e. The van der Waals surface area contributed by atoms with Gasteiger partial charge in [-0.3, -0.25) is 0 Å². The van der Waals surface area contributed by atoms with Crippen LogP contribution in [0, 0.1) is 0 Å². The van der Waals surface area contributed by atoms with Crippen molar-refractivity contribution in [2.75, 3.05) is 18.0 Å². The highest BCUT2D eigenvalue weighted by atomic mass is 79.9. The van der Waals surface area contributed by atoms with E-state index in [-0.39, 0.29) is 5.54 Å². The molecule has 0 spiro atoms. The molecule has 1 aliphatic rings. The fourth-order valence-corrected chi connectivity index (χ4v) is 3.75. The van der Waals surface area contributed by atoms with Crippen LogP contribution in [-0.2, 0) is 0 Å². The summed E-state index contributed by atoms with van der Waals surface area (Å²) < 4.78 is 2.07. The van der Waals surface area contributed by atoms with Crippen molar-refractivity contribution in [2.45, 2.75) is 51.6 Å². The molecule has 3 nitrogen and oxygen atoms in total. The van der Waals surface area contributed by atoms with E-state index in [1.54, 1.807) is 0 Å². The molecule has 20 heavy (non-hydrogen) atoms. The summed E-state index contributed by atoms with van der Waals surface area (Å²) in [6.45, 7) is 8.74. The van der Waals surface area contributed by atoms with E-state index in [1.807, 2.05) is 6.20 Å². The maximum atomic E-state index is 4.60. The molecule has 1 aromatic rings. The van der Waals surface area contributed by atoms with E-state index in [2.05, 4.69) is 73.9 Å². The van der Waals surface area contributed by atoms with Gasteiger partial charge in [0.1, 0.15) is 5.82 Å². The lowest BCUT2D eigenvalue weighted by Crippen LogP contribution is -2.50. The lowest BCUT2D eigenvalue weighted by atomic mass is 10.0. The normalized spacial score (nSPS) is 20.2. The minimum absolute atomic E-state index is 0.160. The van der Waals surface area contributed by atoms with Gasteiger partial charge < -0.3 is 10.2 Å². The summed E-state index contributed by atoms with van der Waals surface area (Å²) in [6.07, 6.45) is 5.66. The lowest BCUT2D eigenvalue weighted by molar-refractivity contribution is 0.365. The van der Waals surface area contributed by atoms with Gasteiger partial charge >= 0.3 is 0 Å². The highest BCUT2D eigenvalue weighted by molar-refractivity contribution is 9.11. The van der Waals surface area contributed by atoms with E-state index in [0.717, 1.165) is 27.9 Å². The summed E-state index contributed by atoms with van der Waals surface area (Å²) in [5.74, 6) is 1.06. The third kappa shape index (κ3) is 4.43. The second-order valence-corrected chi connectivity index (χ2v) is 8.20. The zero-order chi connectivity index (χ0) is 14.8. The first-order valence-electron chi connectivity index (χ1n) is 7.19. The van der Waals surface area contributed by atoms with Gasteiger partial charge in [-0.2, -0.15) is 0 Å². The first kappa shape index (κ1) is 16.2. The van der Waals surface area contributed by atoms with Crippen LogP contribution >= 0.6 is 31.9 Å². The van der Waals surface area contributed by atoms with Crippen LogP contribution in [0.1, 0.15) is 40.0 Å². The molecule has 1 aromatic heterocycles. The molecule has 2 rings (SSSR count). The van der Waals surface area contributed by atoms with E-state index < -0.39 is 0 Å². The molecule has 5 heteroatoms. The Morgan fingerprint density at radius 1 is 1.35 bits per heavy atom. The van der Waals surface area contributed by atoms with Gasteiger partial charge in [0.2, 0.25) is 0 Å². The molecule has 0 amide bonds. The van der Waals surface area contributed by atoms with Crippen molar-refractivity contribution in [1.82, 2.24) is 10.3 Å². The minimum Gasteiger partial charge on any atom is -0.351 e. The van der Waals surface area contributed by atoms with Crippen LogP contribution in [0.2, 0.25) is 0 Å². The Kier molecular flexibility index (Phi) is 5.49. The summed E-state index contributed by atoms with van der Waals surface area (Å²) in [5.41, 5.74) is 0.160. The van der Waals surface area contributed by atoms with Crippen LogP contribution in [0.3, 0.4) is 0 Å². The number of aromatic nitrogens is 1. The Hall–Kier alpha value is -0.130. The highest BCUT2D eigenvalue weighted by Crippen LogP contribution is 2.31. The van der Waals surface area contributed by atoms with Gasteiger partial charge in [-0.15, -0.1) is 0 Å². The number of nitrogens with one attached hydrogen (secondary N) is 1. The van der Waals surface area contributed by atoms with E-state index in [4.69, 9.17) is 0 Å². The Bertz CT molecular complexity index is 457. The van der Waals surface area contributed by atoms with Crippen molar-refractivity contribution in [3.63, 3.8) is 0 Å². The van der Waals surface area contributed by atoms with E-state index in [1.165, 1.54) is 19.3 Å². The third-order valence-corrected chi connectivity index (χ3v) is 4.57. The monoisotopic (exact) mass is 403 g/mol. The Morgan fingerprint density at radius 3 is 2.75 bits per heavy atom. The predicted molar refractivity (Wildman–Crippen MR) is 92.4 cm³/mol. The molecule has 0 radical (unpaired) electrons. The number of anilines is 1. The summed E-state index contributed by atoms with van der Waals surface area (Å²) in [5, 5.41) is 3.63. The average molecular weight is 405 g/mol. The molecule has 1 atom stereocenters. The van der Waals surface area contributed by atoms with Crippen molar-refractivity contribution < 1.29 is 0 Å². The summed E-state index contributed by atoms with van der Waals surface area (Å²) in [7, 11) is 0. The van der Waals surface area contributed by atoms with Gasteiger partial charge in [0.25, 0.3) is 0 Å². The van der Waals surface area contributed by atoms with Crippen LogP contribution < -0.4 is 10.2 Å². The molecule has 0 aliphatic carbocycles. The molecule has 1 N–H and O–H groups in total. The highest BCUT2D eigenvalue weighted by Gasteiger charge is 2.26. The maximum Gasteiger partial charge on any atom is 0.143 e. The van der Waals surface area contributed by atoms with Crippen LogP contribution in [0.25, 0.3) is 0 Å². The zero-order valence-corrected chi connectivity index (χ0v) is 15.6. The maximum absolute atomic E-state index is 4.60. The number of hydrogen-bond acceptors (Lipinski definition) is 3. The number of rotatable bonds is 3. The van der Waals surface area contributed by atoms with Gasteiger partial charge in [0, 0.05) is 35.3 Å².